The molecule has 3 N–H and O–H groups in total. The molecule has 0 heterocycles. The van der Waals surface area contributed by atoms with Crippen LogP contribution in [0, 0.1) is 0 Å². The van der Waals surface area contributed by atoms with Crippen LogP contribution in [0.2, 0.25) is 13.1 Å². The van der Waals surface area contributed by atoms with Crippen molar-refractivity contribution in [2.24, 2.45) is 0 Å². The Balaban J connectivity index is 0.000000400. The Morgan fingerprint density at radius 3 is 1.58 bits per heavy atom. The maximum atomic E-state index is 8.83. The molecule has 24 heavy (non-hydrogen) atoms. The molecule has 0 aliphatic heterocycles. The maximum absolute atomic E-state index is 8.83. The summed E-state index contributed by atoms with van der Waals surface area (Å²) in [6, 6.07) is 21.9. The number of hydrogen-bond donors (Lipinski definition) is 3. The summed E-state index contributed by atoms with van der Waals surface area (Å²) in [4.78, 5) is 26.5. The Kier molecular flexibility index (Phi) is 8.50. The fraction of sp³-hybridized carbons (Fsp3) is 0.294. The molecule has 1 atom stereocenters. The van der Waals surface area contributed by atoms with Gasteiger partial charge in [0.1, 0.15) is 0 Å². The van der Waals surface area contributed by atoms with Crippen LogP contribution in [0.5, 0.6) is 0 Å². The molecular formula is C17H26O5Si2. The molecule has 7 heteroatoms. The van der Waals surface area contributed by atoms with Crippen LogP contribution in [0.15, 0.2) is 66.7 Å². The average Bonchev–Trinajstić information content (AvgIpc) is 2.56. The molecule has 132 valence electrons. The van der Waals surface area contributed by atoms with Gasteiger partial charge in [-0.1, -0.05) is 73.7 Å². The first kappa shape index (κ1) is 20.7. The van der Waals surface area contributed by atoms with Gasteiger partial charge in [0.2, 0.25) is 8.32 Å². The van der Waals surface area contributed by atoms with Crippen LogP contribution in [0.25, 0.3) is 0 Å². The van der Waals surface area contributed by atoms with Gasteiger partial charge < -0.3 is 14.4 Å². The number of rotatable bonds is 6. The summed E-state index contributed by atoms with van der Waals surface area (Å²) < 4.78 is 9.52. The van der Waals surface area contributed by atoms with Crippen molar-refractivity contribution in [2.45, 2.75) is 32.0 Å². The molecule has 0 amide bonds. The van der Waals surface area contributed by atoms with Gasteiger partial charge in [-0.25, -0.2) is 4.58 Å². The van der Waals surface area contributed by atoms with Gasteiger partial charge in [0.15, 0.2) is 0 Å². The van der Waals surface area contributed by atoms with Gasteiger partial charge in [-0.05, 0) is 25.1 Å². The highest BCUT2D eigenvalue weighted by atomic mass is 28.4. The maximum Gasteiger partial charge on any atom is 0.698 e. The highest BCUT2D eigenvalue weighted by Gasteiger charge is 2.41. The normalized spacial score (nSPS) is 12.9. The molecule has 0 aliphatic carbocycles. The van der Waals surface area contributed by atoms with E-state index in [0.29, 0.717) is 0 Å². The second kappa shape index (κ2) is 9.85. The standard InChI is InChI=1S/C11H20O5Si2.C6H6/c1-4-11(10-8-6-5-7-9-10)17(2,3)15-16-18(12,13)14;1-2-4-6-5-3-1/h5-9,11-14H,4H2,1-3H3;1-6H. The highest BCUT2D eigenvalue weighted by molar-refractivity contribution is 6.72. The van der Waals surface area contributed by atoms with E-state index in [1.165, 1.54) is 0 Å². The third-order valence-electron chi connectivity index (χ3n) is 3.48. The SMILES string of the molecule is CCC(c1ccccc1)[Si](C)(C)OO[Si](O)(O)O.c1ccccc1. The molecule has 0 saturated carbocycles. The quantitative estimate of drug-likeness (QED) is 0.416. The van der Waals surface area contributed by atoms with E-state index in [9.17, 15) is 0 Å². The monoisotopic (exact) mass is 366 g/mol. The molecule has 0 bridgehead atoms. The minimum absolute atomic E-state index is 0.148. The minimum Gasteiger partial charge on any atom is -0.366 e. The van der Waals surface area contributed by atoms with E-state index in [0.717, 1.165) is 12.0 Å². The Hall–Kier alpha value is -1.33. The van der Waals surface area contributed by atoms with E-state index >= 15 is 0 Å². The fourth-order valence-electron chi connectivity index (χ4n) is 2.42. The van der Waals surface area contributed by atoms with E-state index in [2.05, 4.69) is 4.58 Å². The van der Waals surface area contributed by atoms with Crippen LogP contribution >= 0.6 is 0 Å². The van der Waals surface area contributed by atoms with E-state index in [1.54, 1.807) is 0 Å². The van der Waals surface area contributed by atoms with Gasteiger partial charge in [-0.2, -0.15) is 0 Å². The fourth-order valence-corrected chi connectivity index (χ4v) is 5.82. The van der Waals surface area contributed by atoms with E-state index in [-0.39, 0.29) is 5.54 Å². The lowest BCUT2D eigenvalue weighted by atomic mass is 10.1. The van der Waals surface area contributed by atoms with Crippen molar-refractivity contribution in [2.75, 3.05) is 0 Å². The topological polar surface area (TPSA) is 79.2 Å². The Morgan fingerprint density at radius 2 is 1.21 bits per heavy atom. The number of hydrogen-bond acceptors (Lipinski definition) is 5. The first-order chi connectivity index (χ1) is 11.3. The summed E-state index contributed by atoms with van der Waals surface area (Å²) in [6.45, 7) is 5.86. The first-order valence-electron chi connectivity index (χ1n) is 7.85. The van der Waals surface area contributed by atoms with Crippen LogP contribution in [0.4, 0.5) is 0 Å². The summed E-state index contributed by atoms with van der Waals surface area (Å²) in [5.74, 6) is 0. The zero-order valence-corrected chi connectivity index (χ0v) is 16.3. The average molecular weight is 367 g/mol. The van der Waals surface area contributed by atoms with Crippen LogP contribution in [-0.2, 0) is 9.15 Å². The Labute approximate surface area is 145 Å². The second-order valence-electron chi connectivity index (χ2n) is 5.87. The molecule has 0 saturated heterocycles. The van der Waals surface area contributed by atoms with Crippen molar-refractivity contribution in [3.8, 4) is 0 Å². The van der Waals surface area contributed by atoms with Crippen molar-refractivity contribution in [3.63, 3.8) is 0 Å². The summed E-state index contributed by atoms with van der Waals surface area (Å²) in [6.07, 6.45) is 0.851. The number of benzene rings is 2. The largest absolute Gasteiger partial charge is 0.698 e. The molecule has 2 aromatic carbocycles. The Morgan fingerprint density at radius 1 is 0.792 bits per heavy atom. The predicted molar refractivity (Wildman–Crippen MR) is 98.0 cm³/mol. The molecular weight excluding hydrogens is 340 g/mol. The van der Waals surface area contributed by atoms with Crippen LogP contribution < -0.4 is 0 Å². The van der Waals surface area contributed by atoms with Crippen molar-refractivity contribution >= 4 is 17.4 Å². The minimum atomic E-state index is -4.61. The summed E-state index contributed by atoms with van der Waals surface area (Å²) >= 11 is 0. The third-order valence-corrected chi connectivity index (χ3v) is 6.89. The molecule has 0 aliphatic rings. The zero-order chi connectivity index (χ0) is 18.1. The molecule has 5 nitrogen and oxygen atoms in total. The van der Waals surface area contributed by atoms with Crippen molar-refractivity contribution in [1.82, 2.24) is 0 Å². The predicted octanol–water partition coefficient (Wildman–Crippen LogP) is 2.97. The molecule has 0 radical (unpaired) electrons. The molecule has 2 rings (SSSR count). The third kappa shape index (κ3) is 7.98. The van der Waals surface area contributed by atoms with Crippen LogP contribution in [0.1, 0.15) is 24.4 Å². The lowest BCUT2D eigenvalue weighted by Crippen LogP contribution is -2.46. The molecule has 2 aromatic rings. The van der Waals surface area contributed by atoms with Gasteiger partial charge in [0.25, 0.3) is 0 Å². The van der Waals surface area contributed by atoms with Crippen LogP contribution in [-0.4, -0.2) is 31.8 Å². The smallest absolute Gasteiger partial charge is 0.366 e. The lowest BCUT2D eigenvalue weighted by molar-refractivity contribution is -0.189. The molecule has 0 aromatic heterocycles. The van der Waals surface area contributed by atoms with Crippen molar-refractivity contribution < 1.29 is 23.5 Å². The van der Waals surface area contributed by atoms with Gasteiger partial charge in [-0.3, -0.25) is 4.58 Å². The molecule has 0 fully saturated rings. The van der Waals surface area contributed by atoms with Gasteiger partial charge in [-0.15, -0.1) is 0 Å². The van der Waals surface area contributed by atoms with Gasteiger partial charge >= 0.3 is 9.05 Å². The summed E-state index contributed by atoms with van der Waals surface area (Å²) in [5.41, 5.74) is 1.27. The van der Waals surface area contributed by atoms with Gasteiger partial charge in [0.05, 0.1) is 0 Å². The van der Waals surface area contributed by atoms with Crippen molar-refractivity contribution in [1.29, 1.82) is 0 Å². The van der Waals surface area contributed by atoms with Gasteiger partial charge in [0, 0.05) is 5.54 Å². The Bertz CT molecular complexity index is 531. The molecule has 1 unspecified atom stereocenters. The second-order valence-corrected chi connectivity index (χ2v) is 11.3. The molecule has 0 spiro atoms. The zero-order valence-electron chi connectivity index (χ0n) is 14.3. The van der Waals surface area contributed by atoms with E-state index in [4.69, 9.17) is 19.0 Å². The van der Waals surface area contributed by atoms with Crippen molar-refractivity contribution in [3.05, 3.63) is 72.3 Å². The summed E-state index contributed by atoms with van der Waals surface area (Å²) in [7, 11) is -6.96. The van der Waals surface area contributed by atoms with Crippen LogP contribution in [0.3, 0.4) is 0 Å². The van der Waals surface area contributed by atoms with E-state index < -0.39 is 17.4 Å². The lowest BCUT2D eigenvalue weighted by Gasteiger charge is -2.31. The van der Waals surface area contributed by atoms with E-state index in [1.807, 2.05) is 86.7 Å². The highest BCUT2D eigenvalue weighted by Crippen LogP contribution is 2.31. The summed E-state index contributed by atoms with van der Waals surface area (Å²) in [5, 5.41) is 0. The first-order valence-corrected chi connectivity index (χ1v) is 12.6.